The Bertz CT molecular complexity index is 377. The zero-order valence-electron chi connectivity index (χ0n) is 14.2. The molecule has 1 heteroatoms. The van der Waals surface area contributed by atoms with Crippen molar-refractivity contribution >= 4 is 0 Å². The van der Waals surface area contributed by atoms with E-state index >= 15 is 0 Å². The van der Waals surface area contributed by atoms with Crippen molar-refractivity contribution in [2.24, 2.45) is 0 Å². The molecule has 0 spiro atoms. The van der Waals surface area contributed by atoms with Gasteiger partial charge in [0.2, 0.25) is 0 Å². The highest BCUT2D eigenvalue weighted by Crippen LogP contribution is 2.36. The van der Waals surface area contributed by atoms with Crippen LogP contribution in [0.3, 0.4) is 0 Å². The second kappa shape index (κ2) is 9.18. The minimum absolute atomic E-state index is 0.685. The van der Waals surface area contributed by atoms with Crippen molar-refractivity contribution in [1.29, 1.82) is 0 Å². The summed E-state index contributed by atoms with van der Waals surface area (Å²) in [5.41, 5.74) is 4.59. The fourth-order valence-corrected chi connectivity index (χ4v) is 3.08. The highest BCUT2D eigenvalue weighted by Gasteiger charge is 2.26. The molecule has 1 aromatic rings. The van der Waals surface area contributed by atoms with E-state index in [9.17, 15) is 0 Å². The predicted molar refractivity (Wildman–Crippen MR) is 90.4 cm³/mol. The van der Waals surface area contributed by atoms with Gasteiger partial charge in [0, 0.05) is 6.04 Å². The third kappa shape index (κ3) is 4.63. The minimum atomic E-state index is 0.685. The number of aryl methyl sites for hydroxylation is 2. The first-order valence-electron chi connectivity index (χ1n) is 8.51. The largest absolute Gasteiger partial charge is 0.296 e. The predicted octanol–water partition coefficient (Wildman–Crippen LogP) is 5.52. The summed E-state index contributed by atoms with van der Waals surface area (Å²) >= 11 is 0. The normalized spacial score (nSPS) is 16.8. The van der Waals surface area contributed by atoms with Crippen LogP contribution in [0.4, 0.5) is 0 Å². The molecule has 0 saturated carbocycles. The zero-order valence-corrected chi connectivity index (χ0v) is 14.2. The second-order valence-electron chi connectivity index (χ2n) is 6.00. The number of hydrogen-bond donors (Lipinski definition) is 0. The number of fused-ring (bicyclic) bond motifs is 1. The first kappa shape index (κ1) is 17.2. The molecule has 1 aliphatic carbocycles. The molecule has 114 valence electrons. The third-order valence-corrected chi connectivity index (χ3v) is 3.81. The van der Waals surface area contributed by atoms with Gasteiger partial charge in [0.15, 0.2) is 0 Å². The second-order valence-corrected chi connectivity index (χ2v) is 6.00. The molecule has 1 nitrogen and oxygen atoms in total. The van der Waals surface area contributed by atoms with Crippen LogP contribution in [0.1, 0.15) is 76.1 Å². The molecule has 1 unspecified atom stereocenters. The SMILES string of the molecule is CCC.CCCN(CCC)C1CCc2ccc(C)cc21. The summed E-state index contributed by atoms with van der Waals surface area (Å²) in [6.07, 6.45) is 6.36. The van der Waals surface area contributed by atoms with E-state index in [2.05, 4.69) is 57.7 Å². The molecule has 1 aromatic carbocycles. The van der Waals surface area contributed by atoms with E-state index in [0.717, 1.165) is 0 Å². The van der Waals surface area contributed by atoms with E-state index in [1.165, 1.54) is 50.8 Å². The van der Waals surface area contributed by atoms with Crippen LogP contribution in [0, 0.1) is 6.92 Å². The van der Waals surface area contributed by atoms with Crippen LogP contribution in [-0.2, 0) is 6.42 Å². The fourth-order valence-electron chi connectivity index (χ4n) is 3.08. The van der Waals surface area contributed by atoms with Gasteiger partial charge >= 0.3 is 0 Å². The van der Waals surface area contributed by atoms with Gasteiger partial charge in [-0.15, -0.1) is 0 Å². The summed E-state index contributed by atoms with van der Waals surface area (Å²) in [7, 11) is 0. The summed E-state index contributed by atoms with van der Waals surface area (Å²) in [6, 6.07) is 7.68. The van der Waals surface area contributed by atoms with Crippen LogP contribution >= 0.6 is 0 Å². The Balaban J connectivity index is 0.000000612. The fraction of sp³-hybridized carbons (Fsp3) is 0.684. The quantitative estimate of drug-likeness (QED) is 0.684. The molecule has 0 aliphatic heterocycles. The molecule has 0 heterocycles. The van der Waals surface area contributed by atoms with Gasteiger partial charge in [-0.2, -0.15) is 0 Å². The lowest BCUT2D eigenvalue weighted by Crippen LogP contribution is -2.29. The molecule has 0 fully saturated rings. The Morgan fingerprint density at radius 2 is 1.65 bits per heavy atom. The topological polar surface area (TPSA) is 3.24 Å². The molecular weight excluding hydrogens is 242 g/mol. The maximum Gasteiger partial charge on any atom is 0.0354 e. The van der Waals surface area contributed by atoms with Gasteiger partial charge in [0.25, 0.3) is 0 Å². The van der Waals surface area contributed by atoms with Gasteiger partial charge in [-0.05, 0) is 56.8 Å². The van der Waals surface area contributed by atoms with E-state index < -0.39 is 0 Å². The Labute approximate surface area is 126 Å². The standard InChI is InChI=1S/C16H25N.C3H8/c1-4-10-17(11-5-2)16-9-8-14-7-6-13(3)12-15(14)16;1-3-2/h6-7,12,16H,4-5,8-11H2,1-3H3;3H2,1-2H3. The minimum Gasteiger partial charge on any atom is -0.296 e. The lowest BCUT2D eigenvalue weighted by atomic mass is 10.0. The van der Waals surface area contributed by atoms with E-state index in [-0.39, 0.29) is 0 Å². The average molecular weight is 275 g/mol. The molecule has 2 rings (SSSR count). The molecule has 0 saturated heterocycles. The zero-order chi connectivity index (χ0) is 15.0. The number of nitrogens with zero attached hydrogens (tertiary/aromatic N) is 1. The van der Waals surface area contributed by atoms with Gasteiger partial charge in [-0.1, -0.05) is 57.9 Å². The van der Waals surface area contributed by atoms with Gasteiger partial charge in [0.1, 0.15) is 0 Å². The first-order chi connectivity index (χ1) is 9.67. The molecule has 20 heavy (non-hydrogen) atoms. The summed E-state index contributed by atoms with van der Waals surface area (Å²) in [5.74, 6) is 0. The van der Waals surface area contributed by atoms with Crippen molar-refractivity contribution in [3.63, 3.8) is 0 Å². The van der Waals surface area contributed by atoms with E-state index in [4.69, 9.17) is 0 Å². The molecule has 1 aliphatic rings. The third-order valence-electron chi connectivity index (χ3n) is 3.81. The molecular formula is C19H33N. The molecule has 0 aromatic heterocycles. The monoisotopic (exact) mass is 275 g/mol. The Hall–Kier alpha value is -0.820. The smallest absolute Gasteiger partial charge is 0.0354 e. The first-order valence-corrected chi connectivity index (χ1v) is 8.51. The van der Waals surface area contributed by atoms with Crippen LogP contribution in [0.15, 0.2) is 18.2 Å². The van der Waals surface area contributed by atoms with Gasteiger partial charge in [-0.25, -0.2) is 0 Å². The number of rotatable bonds is 5. The number of benzene rings is 1. The van der Waals surface area contributed by atoms with Crippen LogP contribution in [0.25, 0.3) is 0 Å². The molecule has 1 atom stereocenters. The number of hydrogen-bond acceptors (Lipinski definition) is 1. The van der Waals surface area contributed by atoms with E-state index in [1.54, 1.807) is 11.1 Å². The molecule has 0 radical (unpaired) electrons. The highest BCUT2D eigenvalue weighted by molar-refractivity contribution is 5.37. The summed E-state index contributed by atoms with van der Waals surface area (Å²) in [6.45, 7) is 13.5. The van der Waals surface area contributed by atoms with Crippen molar-refractivity contribution < 1.29 is 0 Å². The molecule has 0 bridgehead atoms. The lowest BCUT2D eigenvalue weighted by molar-refractivity contribution is 0.197. The molecule has 0 N–H and O–H groups in total. The van der Waals surface area contributed by atoms with Gasteiger partial charge < -0.3 is 0 Å². The van der Waals surface area contributed by atoms with Crippen molar-refractivity contribution in [2.75, 3.05) is 13.1 Å². The Morgan fingerprint density at radius 3 is 2.20 bits per heavy atom. The van der Waals surface area contributed by atoms with Crippen molar-refractivity contribution in [3.8, 4) is 0 Å². The van der Waals surface area contributed by atoms with Crippen molar-refractivity contribution in [3.05, 3.63) is 34.9 Å². The van der Waals surface area contributed by atoms with Gasteiger partial charge in [0.05, 0.1) is 0 Å². The van der Waals surface area contributed by atoms with E-state index in [1.807, 2.05) is 0 Å². The summed E-state index contributed by atoms with van der Waals surface area (Å²) < 4.78 is 0. The van der Waals surface area contributed by atoms with Crippen LogP contribution in [0.2, 0.25) is 0 Å². The van der Waals surface area contributed by atoms with Gasteiger partial charge in [-0.3, -0.25) is 4.90 Å². The highest BCUT2D eigenvalue weighted by atomic mass is 15.2. The Morgan fingerprint density at radius 1 is 1.05 bits per heavy atom. The summed E-state index contributed by atoms with van der Waals surface area (Å²) in [5, 5.41) is 0. The Kier molecular flexibility index (Phi) is 7.91. The average Bonchev–Trinajstić information content (AvgIpc) is 2.82. The maximum absolute atomic E-state index is 2.69. The van der Waals surface area contributed by atoms with Crippen LogP contribution in [0.5, 0.6) is 0 Å². The van der Waals surface area contributed by atoms with Crippen molar-refractivity contribution in [2.45, 2.75) is 72.8 Å². The van der Waals surface area contributed by atoms with Crippen LogP contribution in [-0.4, -0.2) is 18.0 Å². The summed E-state index contributed by atoms with van der Waals surface area (Å²) in [4.78, 5) is 2.69. The van der Waals surface area contributed by atoms with Crippen LogP contribution < -0.4 is 0 Å². The maximum atomic E-state index is 2.69. The van der Waals surface area contributed by atoms with Crippen molar-refractivity contribution in [1.82, 2.24) is 4.90 Å². The lowest BCUT2D eigenvalue weighted by Gasteiger charge is -2.29. The molecule has 0 amide bonds. The van der Waals surface area contributed by atoms with E-state index in [0.29, 0.717) is 6.04 Å².